The molecule has 0 radical (unpaired) electrons. The summed E-state index contributed by atoms with van der Waals surface area (Å²) in [6.45, 7) is 3.40. The molecule has 1 spiro atoms. The monoisotopic (exact) mass is 434 g/mol. The maximum Gasteiger partial charge on any atom is 0.255 e. The smallest absolute Gasteiger partial charge is 0.255 e. The van der Waals surface area contributed by atoms with Crippen molar-refractivity contribution in [1.29, 1.82) is 0 Å². The Balaban J connectivity index is 1.53. The zero-order valence-corrected chi connectivity index (χ0v) is 17.7. The predicted molar refractivity (Wildman–Crippen MR) is 110 cm³/mol. The Morgan fingerprint density at radius 2 is 1.69 bits per heavy atom. The highest BCUT2D eigenvalue weighted by molar-refractivity contribution is 7.89. The minimum atomic E-state index is -3.68. The van der Waals surface area contributed by atoms with Crippen LogP contribution in [0.5, 0.6) is 0 Å². The van der Waals surface area contributed by atoms with E-state index in [-0.39, 0.29) is 10.8 Å². The van der Waals surface area contributed by atoms with Crippen LogP contribution < -0.4 is 0 Å². The summed E-state index contributed by atoms with van der Waals surface area (Å²) < 4.78 is 33.9. The number of nitrogens with zero attached hydrogens (tertiary/aromatic N) is 2. The molecule has 8 heteroatoms. The van der Waals surface area contributed by atoms with Crippen molar-refractivity contribution < 1.29 is 17.9 Å². The van der Waals surface area contributed by atoms with E-state index < -0.39 is 15.7 Å². The largest absolute Gasteiger partial charge is 0.358 e. The fourth-order valence-electron chi connectivity index (χ4n) is 4.03. The van der Waals surface area contributed by atoms with Crippen LogP contribution >= 0.6 is 11.6 Å². The van der Waals surface area contributed by atoms with Crippen molar-refractivity contribution in [3.05, 3.63) is 64.7 Å². The predicted octanol–water partition coefficient (Wildman–Crippen LogP) is 3.30. The standard InChI is InChI=1S/C21H23ClN2O4S/c1-16-6-8-17(9-7-16)29(26,27)24-14-15-28-21(24)10-12-23(13-11-21)20(25)18-4-2-3-5-19(18)22/h2-9H,10-15H2,1H3. The van der Waals surface area contributed by atoms with Gasteiger partial charge in [0.05, 0.1) is 22.1 Å². The second-order valence-electron chi connectivity index (χ2n) is 7.46. The lowest BCUT2D eigenvalue weighted by Crippen LogP contribution is -2.55. The van der Waals surface area contributed by atoms with Gasteiger partial charge in [-0.3, -0.25) is 4.79 Å². The molecule has 0 aromatic heterocycles. The molecule has 2 aliphatic rings. The van der Waals surface area contributed by atoms with Gasteiger partial charge in [-0.2, -0.15) is 4.31 Å². The van der Waals surface area contributed by atoms with Gasteiger partial charge in [0.25, 0.3) is 5.91 Å². The van der Waals surface area contributed by atoms with Crippen LogP contribution in [-0.4, -0.2) is 55.5 Å². The summed E-state index contributed by atoms with van der Waals surface area (Å²) in [5, 5.41) is 0.415. The molecule has 4 rings (SSSR count). The number of halogens is 1. The minimum Gasteiger partial charge on any atom is -0.358 e. The van der Waals surface area contributed by atoms with Gasteiger partial charge in [-0.15, -0.1) is 0 Å². The zero-order chi connectivity index (χ0) is 20.6. The molecule has 2 aliphatic heterocycles. The van der Waals surface area contributed by atoms with Gasteiger partial charge in [0.2, 0.25) is 10.0 Å². The number of aryl methyl sites for hydroxylation is 1. The van der Waals surface area contributed by atoms with Gasteiger partial charge in [0, 0.05) is 32.5 Å². The molecule has 0 bridgehead atoms. The van der Waals surface area contributed by atoms with Crippen LogP contribution in [-0.2, 0) is 14.8 Å². The normalized spacial score (nSPS) is 19.6. The third kappa shape index (κ3) is 3.68. The number of rotatable bonds is 3. The van der Waals surface area contributed by atoms with Crippen molar-refractivity contribution in [3.63, 3.8) is 0 Å². The lowest BCUT2D eigenvalue weighted by Gasteiger charge is -2.42. The fraction of sp³-hybridized carbons (Fsp3) is 0.381. The number of likely N-dealkylation sites (tertiary alicyclic amines) is 1. The van der Waals surface area contributed by atoms with Gasteiger partial charge in [-0.25, -0.2) is 8.42 Å². The van der Waals surface area contributed by atoms with E-state index in [4.69, 9.17) is 16.3 Å². The Kier molecular flexibility index (Phi) is 5.42. The van der Waals surface area contributed by atoms with Crippen molar-refractivity contribution in [3.8, 4) is 0 Å². The lowest BCUT2D eigenvalue weighted by atomic mass is 10.00. The first kappa shape index (κ1) is 20.3. The highest BCUT2D eigenvalue weighted by atomic mass is 35.5. The molecule has 6 nitrogen and oxygen atoms in total. The number of ether oxygens (including phenoxy) is 1. The molecular weight excluding hydrogens is 412 g/mol. The molecule has 2 aromatic rings. The van der Waals surface area contributed by atoms with Crippen molar-refractivity contribution in [2.45, 2.75) is 30.4 Å². The molecule has 2 fully saturated rings. The Bertz CT molecular complexity index is 1020. The van der Waals surface area contributed by atoms with Gasteiger partial charge in [0.15, 0.2) is 0 Å². The third-order valence-corrected chi connectivity index (χ3v) is 7.96. The Labute approximate surface area is 176 Å². The van der Waals surface area contributed by atoms with E-state index in [1.54, 1.807) is 53.4 Å². The number of sulfonamides is 1. The van der Waals surface area contributed by atoms with Crippen molar-refractivity contribution in [1.82, 2.24) is 9.21 Å². The molecule has 0 atom stereocenters. The maximum atomic E-state index is 13.2. The molecular formula is C21H23ClN2O4S. The number of benzene rings is 2. The zero-order valence-electron chi connectivity index (χ0n) is 16.2. The number of hydrogen-bond donors (Lipinski definition) is 0. The number of hydrogen-bond acceptors (Lipinski definition) is 4. The van der Waals surface area contributed by atoms with Gasteiger partial charge in [-0.1, -0.05) is 41.4 Å². The first-order chi connectivity index (χ1) is 13.8. The fourth-order valence-corrected chi connectivity index (χ4v) is 5.97. The highest BCUT2D eigenvalue weighted by Crippen LogP contribution is 2.38. The molecule has 2 heterocycles. The van der Waals surface area contributed by atoms with Crippen molar-refractivity contribution in [2.24, 2.45) is 0 Å². The lowest BCUT2D eigenvalue weighted by molar-refractivity contribution is -0.0857. The van der Waals surface area contributed by atoms with E-state index in [2.05, 4.69) is 0 Å². The molecule has 0 unspecified atom stereocenters. The summed E-state index contributed by atoms with van der Waals surface area (Å²) in [5.74, 6) is -0.142. The van der Waals surface area contributed by atoms with Gasteiger partial charge in [-0.05, 0) is 31.2 Å². The van der Waals surface area contributed by atoms with Crippen LogP contribution in [0.2, 0.25) is 5.02 Å². The molecule has 2 saturated heterocycles. The molecule has 2 aromatic carbocycles. The average molecular weight is 435 g/mol. The van der Waals surface area contributed by atoms with E-state index in [1.807, 2.05) is 6.92 Å². The van der Waals surface area contributed by atoms with Crippen LogP contribution in [0.1, 0.15) is 28.8 Å². The SMILES string of the molecule is Cc1ccc(S(=O)(=O)N2CCOC23CCN(C(=O)c2ccccc2Cl)CC3)cc1. The second kappa shape index (κ2) is 7.72. The first-order valence-electron chi connectivity index (χ1n) is 9.61. The van der Waals surface area contributed by atoms with Crippen LogP contribution in [0.4, 0.5) is 0 Å². The summed E-state index contributed by atoms with van der Waals surface area (Å²) in [6.07, 6.45) is 0.850. The molecule has 1 amide bonds. The highest BCUT2D eigenvalue weighted by Gasteiger charge is 2.51. The van der Waals surface area contributed by atoms with E-state index >= 15 is 0 Å². The summed E-state index contributed by atoms with van der Waals surface area (Å²) >= 11 is 6.16. The quantitative estimate of drug-likeness (QED) is 0.743. The van der Waals surface area contributed by atoms with Gasteiger partial charge >= 0.3 is 0 Å². The minimum absolute atomic E-state index is 0.142. The third-order valence-electron chi connectivity index (χ3n) is 5.66. The van der Waals surface area contributed by atoms with Crippen molar-refractivity contribution in [2.75, 3.05) is 26.2 Å². The second-order valence-corrected chi connectivity index (χ2v) is 9.73. The van der Waals surface area contributed by atoms with E-state index in [1.165, 1.54) is 4.31 Å². The molecule has 0 saturated carbocycles. The molecule has 0 N–H and O–H groups in total. The van der Waals surface area contributed by atoms with Crippen molar-refractivity contribution >= 4 is 27.5 Å². The Morgan fingerprint density at radius 1 is 1.03 bits per heavy atom. The average Bonchev–Trinajstić information content (AvgIpc) is 3.13. The maximum absolute atomic E-state index is 13.2. The summed E-state index contributed by atoms with van der Waals surface area (Å²) in [4.78, 5) is 14.8. The van der Waals surface area contributed by atoms with E-state index in [0.29, 0.717) is 49.7 Å². The Morgan fingerprint density at radius 3 is 2.34 bits per heavy atom. The number of carbonyl (C=O) groups excluding carboxylic acids is 1. The summed E-state index contributed by atoms with van der Waals surface area (Å²) in [7, 11) is -3.68. The van der Waals surface area contributed by atoms with Gasteiger partial charge < -0.3 is 9.64 Å². The molecule has 29 heavy (non-hydrogen) atoms. The first-order valence-corrected chi connectivity index (χ1v) is 11.4. The molecule has 0 aliphatic carbocycles. The van der Waals surface area contributed by atoms with Crippen LogP contribution in [0.3, 0.4) is 0 Å². The summed E-state index contributed by atoms with van der Waals surface area (Å²) in [5.41, 5.74) is 0.561. The summed E-state index contributed by atoms with van der Waals surface area (Å²) in [6, 6.07) is 13.8. The van der Waals surface area contributed by atoms with E-state index in [9.17, 15) is 13.2 Å². The number of piperidine rings is 1. The topological polar surface area (TPSA) is 66.9 Å². The Hall–Kier alpha value is -1.93. The van der Waals surface area contributed by atoms with Crippen LogP contribution in [0.25, 0.3) is 0 Å². The van der Waals surface area contributed by atoms with Crippen LogP contribution in [0, 0.1) is 6.92 Å². The number of amides is 1. The van der Waals surface area contributed by atoms with E-state index in [0.717, 1.165) is 5.56 Å². The van der Waals surface area contributed by atoms with Gasteiger partial charge in [0.1, 0.15) is 5.72 Å². The number of carbonyl (C=O) groups is 1. The molecule has 154 valence electrons. The van der Waals surface area contributed by atoms with Crippen LogP contribution in [0.15, 0.2) is 53.4 Å².